The van der Waals surface area contributed by atoms with Crippen LogP contribution in [0.1, 0.15) is 6.42 Å². The SMILES string of the molecule is Oc1ccc2[nH]nc(NCCCN3CCOCC3)c2c1. The van der Waals surface area contributed by atoms with Crippen LogP contribution in [0.4, 0.5) is 5.82 Å². The number of aromatic hydroxyl groups is 1. The van der Waals surface area contributed by atoms with E-state index in [9.17, 15) is 5.11 Å². The van der Waals surface area contributed by atoms with Gasteiger partial charge in [0.2, 0.25) is 0 Å². The number of phenolic OH excluding ortho intramolecular Hbond substituents is 1. The minimum absolute atomic E-state index is 0.260. The zero-order valence-corrected chi connectivity index (χ0v) is 11.4. The fraction of sp³-hybridized carbons (Fsp3) is 0.500. The summed E-state index contributed by atoms with van der Waals surface area (Å²) >= 11 is 0. The van der Waals surface area contributed by atoms with E-state index in [1.165, 1.54) is 0 Å². The Bertz CT molecular complexity index is 563. The fourth-order valence-electron chi connectivity index (χ4n) is 2.47. The zero-order chi connectivity index (χ0) is 13.8. The van der Waals surface area contributed by atoms with E-state index in [0.717, 1.165) is 62.5 Å². The quantitative estimate of drug-likeness (QED) is 0.720. The first-order chi connectivity index (χ1) is 9.83. The number of rotatable bonds is 5. The highest BCUT2D eigenvalue weighted by Gasteiger charge is 2.10. The molecule has 0 atom stereocenters. The Hall–Kier alpha value is -1.79. The summed E-state index contributed by atoms with van der Waals surface area (Å²) in [6, 6.07) is 5.21. The molecule has 108 valence electrons. The van der Waals surface area contributed by atoms with Crippen LogP contribution in [0.3, 0.4) is 0 Å². The maximum atomic E-state index is 9.53. The highest BCUT2D eigenvalue weighted by atomic mass is 16.5. The van der Waals surface area contributed by atoms with E-state index in [-0.39, 0.29) is 5.75 Å². The molecule has 0 saturated carbocycles. The molecule has 1 saturated heterocycles. The summed E-state index contributed by atoms with van der Waals surface area (Å²) in [5, 5.41) is 21.0. The van der Waals surface area contributed by atoms with Gasteiger partial charge in [-0.25, -0.2) is 0 Å². The van der Waals surface area contributed by atoms with Crippen LogP contribution < -0.4 is 5.32 Å². The number of morpholine rings is 1. The Balaban J connectivity index is 1.50. The summed E-state index contributed by atoms with van der Waals surface area (Å²) in [5.41, 5.74) is 0.929. The van der Waals surface area contributed by atoms with E-state index in [1.54, 1.807) is 12.1 Å². The van der Waals surface area contributed by atoms with Gasteiger partial charge in [0.05, 0.1) is 18.7 Å². The lowest BCUT2D eigenvalue weighted by atomic mass is 10.2. The van der Waals surface area contributed by atoms with Crippen molar-refractivity contribution in [3.8, 4) is 5.75 Å². The predicted molar refractivity (Wildman–Crippen MR) is 78.1 cm³/mol. The molecule has 0 amide bonds. The molecule has 1 fully saturated rings. The number of hydrogen-bond acceptors (Lipinski definition) is 5. The van der Waals surface area contributed by atoms with Crippen molar-refractivity contribution in [1.29, 1.82) is 0 Å². The summed E-state index contributed by atoms with van der Waals surface area (Å²) in [5.74, 6) is 1.06. The van der Waals surface area contributed by atoms with Gasteiger partial charge >= 0.3 is 0 Å². The molecule has 6 nitrogen and oxygen atoms in total. The van der Waals surface area contributed by atoms with Crippen molar-refractivity contribution in [1.82, 2.24) is 15.1 Å². The minimum atomic E-state index is 0.260. The third kappa shape index (κ3) is 3.02. The average Bonchev–Trinajstić information content (AvgIpc) is 2.87. The summed E-state index contributed by atoms with van der Waals surface area (Å²) in [4.78, 5) is 2.42. The van der Waals surface area contributed by atoms with Gasteiger partial charge in [-0.3, -0.25) is 10.00 Å². The number of nitrogens with zero attached hydrogens (tertiary/aromatic N) is 2. The molecule has 6 heteroatoms. The Morgan fingerprint density at radius 1 is 1.35 bits per heavy atom. The van der Waals surface area contributed by atoms with Gasteiger partial charge in [0.25, 0.3) is 0 Å². The Morgan fingerprint density at radius 3 is 3.05 bits per heavy atom. The third-order valence-electron chi connectivity index (χ3n) is 3.59. The van der Waals surface area contributed by atoms with Gasteiger partial charge in [0.1, 0.15) is 5.75 Å². The van der Waals surface area contributed by atoms with Crippen molar-refractivity contribution < 1.29 is 9.84 Å². The molecule has 20 heavy (non-hydrogen) atoms. The Labute approximate surface area is 117 Å². The first-order valence-corrected chi connectivity index (χ1v) is 7.04. The number of hydrogen-bond donors (Lipinski definition) is 3. The third-order valence-corrected chi connectivity index (χ3v) is 3.59. The monoisotopic (exact) mass is 276 g/mol. The molecule has 0 aliphatic carbocycles. The van der Waals surface area contributed by atoms with Gasteiger partial charge < -0.3 is 15.2 Å². The number of fused-ring (bicyclic) bond motifs is 1. The molecule has 1 aromatic heterocycles. The second-order valence-corrected chi connectivity index (χ2v) is 5.04. The highest BCUT2D eigenvalue weighted by Crippen LogP contribution is 2.24. The summed E-state index contributed by atoms with van der Waals surface area (Å²) in [7, 11) is 0. The largest absolute Gasteiger partial charge is 0.508 e. The molecule has 0 bridgehead atoms. The molecule has 1 aliphatic heterocycles. The highest BCUT2D eigenvalue weighted by molar-refractivity contribution is 5.90. The Morgan fingerprint density at radius 2 is 2.20 bits per heavy atom. The summed E-state index contributed by atoms with van der Waals surface area (Å²) in [6.45, 7) is 5.68. The molecule has 3 N–H and O–H groups in total. The van der Waals surface area contributed by atoms with E-state index in [4.69, 9.17) is 4.74 Å². The van der Waals surface area contributed by atoms with E-state index in [0.29, 0.717) is 0 Å². The van der Waals surface area contributed by atoms with Crippen molar-refractivity contribution in [2.45, 2.75) is 6.42 Å². The number of phenols is 1. The molecule has 3 rings (SSSR count). The van der Waals surface area contributed by atoms with Gasteiger partial charge in [-0.05, 0) is 31.2 Å². The van der Waals surface area contributed by atoms with Gasteiger partial charge in [-0.2, -0.15) is 5.10 Å². The van der Waals surface area contributed by atoms with E-state index in [2.05, 4.69) is 20.4 Å². The van der Waals surface area contributed by atoms with Crippen molar-refractivity contribution in [3.63, 3.8) is 0 Å². The lowest BCUT2D eigenvalue weighted by Gasteiger charge is -2.26. The van der Waals surface area contributed by atoms with Gasteiger partial charge in [0, 0.05) is 25.0 Å². The predicted octanol–water partition coefficient (Wildman–Crippen LogP) is 1.40. The van der Waals surface area contributed by atoms with E-state index < -0.39 is 0 Å². The number of nitrogens with one attached hydrogen (secondary N) is 2. The second-order valence-electron chi connectivity index (χ2n) is 5.04. The first kappa shape index (κ1) is 13.2. The molecule has 1 aliphatic rings. The molecule has 0 spiro atoms. The maximum absolute atomic E-state index is 9.53. The topological polar surface area (TPSA) is 73.4 Å². The molecular formula is C14H20N4O2. The van der Waals surface area contributed by atoms with Crippen LogP contribution in [0.25, 0.3) is 10.9 Å². The van der Waals surface area contributed by atoms with Crippen LogP contribution >= 0.6 is 0 Å². The number of H-pyrrole nitrogens is 1. The van der Waals surface area contributed by atoms with Crippen LogP contribution in [0.2, 0.25) is 0 Å². The number of benzene rings is 1. The smallest absolute Gasteiger partial charge is 0.155 e. The molecule has 1 aromatic carbocycles. The number of ether oxygens (including phenoxy) is 1. The van der Waals surface area contributed by atoms with Crippen molar-refractivity contribution >= 4 is 16.7 Å². The van der Waals surface area contributed by atoms with Gasteiger partial charge in [-0.15, -0.1) is 0 Å². The molecule has 2 heterocycles. The van der Waals surface area contributed by atoms with Crippen molar-refractivity contribution in [3.05, 3.63) is 18.2 Å². The fourth-order valence-corrected chi connectivity index (χ4v) is 2.47. The summed E-state index contributed by atoms with van der Waals surface area (Å²) < 4.78 is 5.33. The van der Waals surface area contributed by atoms with Crippen LogP contribution in [0.5, 0.6) is 5.75 Å². The van der Waals surface area contributed by atoms with Crippen LogP contribution in [-0.4, -0.2) is 59.6 Å². The summed E-state index contributed by atoms with van der Waals surface area (Å²) in [6.07, 6.45) is 1.06. The number of aromatic amines is 1. The molecular weight excluding hydrogens is 256 g/mol. The molecule has 2 aromatic rings. The maximum Gasteiger partial charge on any atom is 0.155 e. The number of aromatic nitrogens is 2. The van der Waals surface area contributed by atoms with Crippen molar-refractivity contribution in [2.75, 3.05) is 44.7 Å². The van der Waals surface area contributed by atoms with E-state index >= 15 is 0 Å². The average molecular weight is 276 g/mol. The standard InChI is InChI=1S/C14H20N4O2/c19-11-2-3-13-12(10-11)14(17-16-13)15-4-1-5-18-6-8-20-9-7-18/h2-3,10,19H,1,4-9H2,(H2,15,16,17). The van der Waals surface area contributed by atoms with E-state index in [1.807, 2.05) is 6.07 Å². The van der Waals surface area contributed by atoms with Crippen LogP contribution in [0, 0.1) is 0 Å². The normalized spacial score (nSPS) is 16.6. The van der Waals surface area contributed by atoms with Crippen LogP contribution in [-0.2, 0) is 4.74 Å². The van der Waals surface area contributed by atoms with Gasteiger partial charge in [-0.1, -0.05) is 0 Å². The lowest BCUT2D eigenvalue weighted by Crippen LogP contribution is -2.37. The second kappa shape index (κ2) is 6.11. The minimum Gasteiger partial charge on any atom is -0.508 e. The van der Waals surface area contributed by atoms with Gasteiger partial charge in [0.15, 0.2) is 5.82 Å². The Kier molecular flexibility index (Phi) is 4.03. The van der Waals surface area contributed by atoms with Crippen molar-refractivity contribution in [2.24, 2.45) is 0 Å². The van der Waals surface area contributed by atoms with Crippen LogP contribution in [0.15, 0.2) is 18.2 Å². The zero-order valence-electron chi connectivity index (χ0n) is 11.4. The molecule has 0 unspecified atom stereocenters. The first-order valence-electron chi connectivity index (χ1n) is 7.04. The number of anilines is 1. The lowest BCUT2D eigenvalue weighted by molar-refractivity contribution is 0.0378. The molecule has 0 radical (unpaired) electrons.